The molecule has 0 radical (unpaired) electrons. The van der Waals surface area contributed by atoms with E-state index in [2.05, 4.69) is 5.16 Å². The van der Waals surface area contributed by atoms with Crippen LogP contribution in [0.1, 0.15) is 36.3 Å². The maximum absolute atomic E-state index is 13.3. The van der Waals surface area contributed by atoms with Gasteiger partial charge in [-0.15, -0.1) is 0 Å². The molecule has 5 rings (SSSR count). The Labute approximate surface area is 202 Å². The smallest absolute Gasteiger partial charge is 0.301 e. The highest BCUT2D eigenvalue weighted by Gasteiger charge is 2.48. The summed E-state index contributed by atoms with van der Waals surface area (Å²) in [6.07, 6.45) is 0.836. The first-order valence-electron chi connectivity index (χ1n) is 11.4. The van der Waals surface area contributed by atoms with Crippen molar-refractivity contribution in [3.63, 3.8) is 0 Å². The van der Waals surface area contributed by atoms with Gasteiger partial charge in [-0.1, -0.05) is 60.6 Å². The third-order valence-corrected chi connectivity index (χ3v) is 5.98. The molecule has 176 valence electrons. The molecular formula is C28H24N2O5. The van der Waals surface area contributed by atoms with Crippen molar-refractivity contribution in [3.8, 4) is 5.75 Å². The zero-order valence-electron chi connectivity index (χ0n) is 19.4. The first kappa shape index (κ1) is 22.4. The zero-order valence-corrected chi connectivity index (χ0v) is 19.4. The topological polar surface area (TPSA) is 92.9 Å². The lowest BCUT2D eigenvalue weighted by atomic mass is 9.94. The van der Waals surface area contributed by atoms with Crippen LogP contribution in [0, 0.1) is 6.92 Å². The van der Waals surface area contributed by atoms with Crippen molar-refractivity contribution in [1.29, 1.82) is 0 Å². The van der Waals surface area contributed by atoms with E-state index < -0.39 is 17.7 Å². The van der Waals surface area contributed by atoms with E-state index in [1.165, 1.54) is 4.90 Å². The number of nitrogens with zero attached hydrogens (tertiary/aromatic N) is 2. The van der Waals surface area contributed by atoms with Crippen molar-refractivity contribution >= 4 is 34.0 Å². The molecule has 0 aliphatic carbocycles. The van der Waals surface area contributed by atoms with E-state index in [0.717, 1.165) is 17.2 Å². The van der Waals surface area contributed by atoms with Gasteiger partial charge in [-0.2, -0.15) is 0 Å². The number of rotatable bonds is 6. The van der Waals surface area contributed by atoms with Gasteiger partial charge in [-0.3, -0.25) is 14.5 Å². The molecule has 0 unspecified atom stereocenters. The number of hydrogen-bond donors (Lipinski definition) is 1. The average molecular weight is 469 g/mol. The highest BCUT2D eigenvalue weighted by atomic mass is 16.5. The number of amides is 1. The molecule has 1 aliphatic heterocycles. The summed E-state index contributed by atoms with van der Waals surface area (Å²) < 4.78 is 11.0. The standard InChI is InChI=1S/C28H24N2O5/c1-3-13-34-22-10-6-9-20(16-22)25-24(27(32)28(33)30(25)23-14-17(2)35-29-23)26(31)21-12-11-18-7-4-5-8-19(18)15-21/h4-12,14-16,25,31H,3,13H2,1-2H3/b26-24+/t25-/m1/s1. The summed E-state index contributed by atoms with van der Waals surface area (Å²) in [5, 5.41) is 17.3. The minimum atomic E-state index is -0.906. The van der Waals surface area contributed by atoms with E-state index in [1.807, 2.05) is 43.3 Å². The predicted molar refractivity (Wildman–Crippen MR) is 132 cm³/mol. The Morgan fingerprint density at radius 2 is 1.83 bits per heavy atom. The number of Topliss-reactive ketones (excluding diaryl/α,β-unsaturated/α-hetero) is 1. The third kappa shape index (κ3) is 4.05. The summed E-state index contributed by atoms with van der Waals surface area (Å²) in [6, 6.07) is 21.0. The third-order valence-electron chi connectivity index (χ3n) is 5.98. The van der Waals surface area contributed by atoms with Crippen molar-refractivity contribution < 1.29 is 24.0 Å². The molecule has 7 nitrogen and oxygen atoms in total. The average Bonchev–Trinajstić information content (AvgIpc) is 3.42. The summed E-state index contributed by atoms with van der Waals surface area (Å²) in [6.45, 7) is 4.24. The normalized spacial score (nSPS) is 17.3. The number of benzene rings is 3. The zero-order chi connectivity index (χ0) is 24.5. The summed E-state index contributed by atoms with van der Waals surface area (Å²) in [5.74, 6) is -0.521. The fourth-order valence-electron chi connectivity index (χ4n) is 4.34. The van der Waals surface area contributed by atoms with Crippen LogP contribution >= 0.6 is 0 Å². The molecule has 4 aromatic rings. The number of aromatic nitrogens is 1. The maximum atomic E-state index is 13.3. The van der Waals surface area contributed by atoms with Crippen LogP contribution in [-0.2, 0) is 9.59 Å². The van der Waals surface area contributed by atoms with Gasteiger partial charge in [-0.05, 0) is 47.9 Å². The Balaban J connectivity index is 1.69. The summed E-state index contributed by atoms with van der Waals surface area (Å²) >= 11 is 0. The molecule has 2 heterocycles. The molecule has 0 bridgehead atoms. The van der Waals surface area contributed by atoms with Gasteiger partial charge in [-0.25, -0.2) is 0 Å². The molecular weight excluding hydrogens is 444 g/mol. The van der Waals surface area contributed by atoms with Crippen LogP contribution in [0.25, 0.3) is 16.5 Å². The van der Waals surface area contributed by atoms with Crippen LogP contribution in [0.3, 0.4) is 0 Å². The maximum Gasteiger partial charge on any atom is 0.301 e. The van der Waals surface area contributed by atoms with E-state index in [9.17, 15) is 14.7 Å². The van der Waals surface area contributed by atoms with Crippen LogP contribution in [0.4, 0.5) is 5.82 Å². The Kier molecular flexibility index (Phi) is 5.82. The molecule has 1 atom stereocenters. The molecule has 1 amide bonds. The highest BCUT2D eigenvalue weighted by molar-refractivity contribution is 6.51. The molecule has 1 aromatic heterocycles. The minimum absolute atomic E-state index is 0.0152. The molecule has 7 heteroatoms. The van der Waals surface area contributed by atoms with Gasteiger partial charge < -0.3 is 14.4 Å². The molecule has 0 saturated carbocycles. The number of hydrogen-bond acceptors (Lipinski definition) is 6. The Morgan fingerprint density at radius 3 is 2.57 bits per heavy atom. The molecule has 1 aliphatic rings. The Hall–Kier alpha value is -4.39. The second-order valence-corrected chi connectivity index (χ2v) is 8.45. The van der Waals surface area contributed by atoms with Crippen LogP contribution < -0.4 is 9.64 Å². The van der Waals surface area contributed by atoms with E-state index in [0.29, 0.717) is 29.2 Å². The molecule has 1 fully saturated rings. The highest BCUT2D eigenvalue weighted by Crippen LogP contribution is 2.42. The van der Waals surface area contributed by atoms with Gasteiger partial charge in [0.1, 0.15) is 17.3 Å². The molecule has 1 N–H and O–H groups in total. The minimum Gasteiger partial charge on any atom is -0.507 e. The van der Waals surface area contributed by atoms with Gasteiger partial charge >= 0.3 is 5.91 Å². The lowest BCUT2D eigenvalue weighted by Crippen LogP contribution is -2.29. The number of ketones is 1. The van der Waals surface area contributed by atoms with Crippen molar-refractivity contribution in [2.24, 2.45) is 0 Å². The largest absolute Gasteiger partial charge is 0.507 e. The monoisotopic (exact) mass is 468 g/mol. The van der Waals surface area contributed by atoms with Crippen LogP contribution in [0.5, 0.6) is 5.75 Å². The Morgan fingerprint density at radius 1 is 1.03 bits per heavy atom. The van der Waals surface area contributed by atoms with E-state index in [1.54, 1.807) is 43.3 Å². The number of aliphatic hydroxyl groups is 1. The van der Waals surface area contributed by atoms with Crippen LogP contribution in [0.2, 0.25) is 0 Å². The van der Waals surface area contributed by atoms with Crippen molar-refractivity contribution in [2.45, 2.75) is 26.3 Å². The molecule has 0 spiro atoms. The van der Waals surface area contributed by atoms with Crippen LogP contribution in [0.15, 0.2) is 82.9 Å². The van der Waals surface area contributed by atoms with Crippen molar-refractivity contribution in [3.05, 3.63) is 95.3 Å². The number of carbonyl (C=O) groups is 2. The van der Waals surface area contributed by atoms with Crippen LogP contribution in [-0.4, -0.2) is 28.6 Å². The number of ether oxygens (including phenoxy) is 1. The van der Waals surface area contributed by atoms with Gasteiger partial charge in [0.2, 0.25) is 0 Å². The van der Waals surface area contributed by atoms with Gasteiger partial charge in [0.05, 0.1) is 18.2 Å². The van der Waals surface area contributed by atoms with E-state index >= 15 is 0 Å². The first-order valence-corrected chi connectivity index (χ1v) is 11.4. The lowest BCUT2D eigenvalue weighted by molar-refractivity contribution is -0.132. The first-order chi connectivity index (χ1) is 17.0. The lowest BCUT2D eigenvalue weighted by Gasteiger charge is -2.23. The second-order valence-electron chi connectivity index (χ2n) is 8.45. The van der Waals surface area contributed by atoms with Gasteiger partial charge in [0.25, 0.3) is 5.78 Å². The van der Waals surface area contributed by atoms with E-state index in [-0.39, 0.29) is 17.2 Å². The Bertz CT molecular complexity index is 1470. The molecule has 35 heavy (non-hydrogen) atoms. The number of aliphatic hydroxyl groups excluding tert-OH is 1. The van der Waals surface area contributed by atoms with Gasteiger partial charge in [0.15, 0.2) is 5.82 Å². The SMILES string of the molecule is CCCOc1cccc([C@@H]2/C(=C(\O)c3ccc4ccccc4c3)C(=O)C(=O)N2c2cc(C)on2)c1. The fraction of sp³-hybridized carbons (Fsp3) is 0.179. The number of fused-ring (bicyclic) bond motifs is 1. The molecule has 1 saturated heterocycles. The van der Waals surface area contributed by atoms with Gasteiger partial charge in [0, 0.05) is 11.6 Å². The summed E-state index contributed by atoms with van der Waals surface area (Å²) in [7, 11) is 0. The quantitative estimate of drug-likeness (QED) is 0.227. The number of aryl methyl sites for hydroxylation is 1. The predicted octanol–water partition coefficient (Wildman–Crippen LogP) is 5.55. The van der Waals surface area contributed by atoms with Crippen molar-refractivity contribution in [1.82, 2.24) is 5.16 Å². The van der Waals surface area contributed by atoms with E-state index in [4.69, 9.17) is 9.26 Å². The summed E-state index contributed by atoms with van der Waals surface area (Å²) in [4.78, 5) is 27.8. The van der Waals surface area contributed by atoms with Crippen molar-refractivity contribution in [2.75, 3.05) is 11.5 Å². The second kappa shape index (κ2) is 9.10. The number of anilines is 1. The fourth-order valence-corrected chi connectivity index (χ4v) is 4.34. The molecule has 3 aromatic carbocycles. The number of carbonyl (C=O) groups excluding carboxylic acids is 2. The summed E-state index contributed by atoms with van der Waals surface area (Å²) in [5.41, 5.74) is 1.04.